The maximum absolute atomic E-state index is 12.3. The summed E-state index contributed by atoms with van der Waals surface area (Å²) in [7, 11) is -1.93. The highest BCUT2D eigenvalue weighted by atomic mass is 32.2. The van der Waals surface area contributed by atoms with Gasteiger partial charge in [0.05, 0.1) is 18.8 Å². The van der Waals surface area contributed by atoms with Gasteiger partial charge in [-0.1, -0.05) is 0 Å². The molecule has 1 atom stereocenters. The van der Waals surface area contributed by atoms with E-state index in [1.807, 2.05) is 0 Å². The van der Waals surface area contributed by atoms with E-state index in [0.29, 0.717) is 26.2 Å². The minimum atomic E-state index is -3.49. The molecule has 1 saturated heterocycles. The molecule has 1 aliphatic rings. The molecule has 0 radical (unpaired) electrons. The molecule has 0 amide bonds. The van der Waals surface area contributed by atoms with Gasteiger partial charge >= 0.3 is 0 Å². The lowest BCUT2D eigenvalue weighted by molar-refractivity contribution is 0.0979. The smallest absolute Gasteiger partial charge is 0.246 e. The second kappa shape index (κ2) is 6.00. The van der Waals surface area contributed by atoms with E-state index in [4.69, 9.17) is 10.5 Å². The number of sulfonamides is 1. The average molecular weight is 288 g/mol. The van der Waals surface area contributed by atoms with Crippen molar-refractivity contribution in [2.24, 2.45) is 5.73 Å². The third-order valence-corrected chi connectivity index (χ3v) is 4.94. The van der Waals surface area contributed by atoms with Crippen LogP contribution < -0.4 is 5.73 Å². The van der Waals surface area contributed by atoms with E-state index in [1.54, 1.807) is 7.05 Å². The molecule has 1 aromatic heterocycles. The number of nitrogens with zero attached hydrogens (tertiary/aromatic N) is 3. The van der Waals surface area contributed by atoms with E-state index in [1.165, 1.54) is 21.4 Å². The molecule has 0 aliphatic carbocycles. The normalized spacial score (nSPS) is 20.3. The van der Waals surface area contributed by atoms with Crippen LogP contribution in [0.4, 0.5) is 0 Å². The van der Waals surface area contributed by atoms with Crippen LogP contribution in [0.2, 0.25) is 0 Å². The summed E-state index contributed by atoms with van der Waals surface area (Å²) in [6, 6.07) is 0. The zero-order valence-corrected chi connectivity index (χ0v) is 11.8. The highest BCUT2D eigenvalue weighted by Gasteiger charge is 2.27. The molecule has 2 N–H and O–H groups in total. The maximum Gasteiger partial charge on any atom is 0.246 e. The summed E-state index contributed by atoms with van der Waals surface area (Å²) in [6.45, 7) is 2.02. The van der Waals surface area contributed by atoms with Crippen LogP contribution in [-0.4, -0.2) is 55.4 Å². The van der Waals surface area contributed by atoms with Crippen molar-refractivity contribution in [3.8, 4) is 0 Å². The van der Waals surface area contributed by atoms with Gasteiger partial charge in [-0.05, 0) is 12.8 Å². The molecule has 1 aliphatic heterocycles. The van der Waals surface area contributed by atoms with Crippen molar-refractivity contribution in [2.75, 3.05) is 26.7 Å². The number of hydrogen-bond donors (Lipinski definition) is 1. The topological polar surface area (TPSA) is 90.5 Å². The van der Waals surface area contributed by atoms with Gasteiger partial charge in [0, 0.05) is 32.9 Å². The predicted octanol–water partition coefficient (Wildman–Crippen LogP) is -0.359. The highest BCUT2D eigenvalue weighted by Crippen LogP contribution is 2.18. The Bertz CT molecular complexity index is 508. The second-order valence-electron chi connectivity index (χ2n) is 4.65. The van der Waals surface area contributed by atoms with Crippen LogP contribution in [0.1, 0.15) is 12.8 Å². The van der Waals surface area contributed by atoms with Gasteiger partial charge in [-0.25, -0.2) is 8.42 Å². The van der Waals surface area contributed by atoms with Crippen LogP contribution >= 0.6 is 0 Å². The quantitative estimate of drug-likeness (QED) is 0.772. The molecule has 7 nitrogen and oxygen atoms in total. The second-order valence-corrected chi connectivity index (χ2v) is 6.69. The zero-order valence-electron chi connectivity index (χ0n) is 11.0. The minimum absolute atomic E-state index is 0.00105. The summed E-state index contributed by atoms with van der Waals surface area (Å²) in [5.74, 6) is 0. The number of ether oxygens (including phenoxy) is 1. The van der Waals surface area contributed by atoms with Crippen LogP contribution in [0.15, 0.2) is 17.3 Å². The highest BCUT2D eigenvalue weighted by molar-refractivity contribution is 7.89. The third kappa shape index (κ3) is 3.33. The van der Waals surface area contributed by atoms with Crippen molar-refractivity contribution in [1.82, 2.24) is 14.1 Å². The standard InChI is InChI=1S/C11H20N4O3S/c1-14(8-10-3-2-6-18-10)19(16,17)11-7-13-15(9-11)5-4-12/h7,9-10H,2-6,8,12H2,1H3. The molecule has 1 aromatic rings. The molecule has 108 valence electrons. The van der Waals surface area contributed by atoms with Gasteiger partial charge < -0.3 is 10.5 Å². The van der Waals surface area contributed by atoms with Crippen LogP contribution in [0.25, 0.3) is 0 Å². The first-order valence-electron chi connectivity index (χ1n) is 6.34. The van der Waals surface area contributed by atoms with Crippen LogP contribution in [0, 0.1) is 0 Å². The Balaban J connectivity index is 2.06. The van der Waals surface area contributed by atoms with Crippen LogP contribution in [0.5, 0.6) is 0 Å². The molecular weight excluding hydrogens is 268 g/mol. The molecule has 0 spiro atoms. The minimum Gasteiger partial charge on any atom is -0.377 e. The van der Waals surface area contributed by atoms with Crippen molar-refractivity contribution < 1.29 is 13.2 Å². The van der Waals surface area contributed by atoms with E-state index >= 15 is 0 Å². The maximum atomic E-state index is 12.3. The predicted molar refractivity (Wildman–Crippen MR) is 70.1 cm³/mol. The first-order valence-corrected chi connectivity index (χ1v) is 7.78. The Morgan fingerprint density at radius 2 is 2.42 bits per heavy atom. The van der Waals surface area contributed by atoms with Gasteiger partial charge in [0.15, 0.2) is 0 Å². The summed E-state index contributed by atoms with van der Waals surface area (Å²) >= 11 is 0. The summed E-state index contributed by atoms with van der Waals surface area (Å²) in [5.41, 5.74) is 5.41. The Hall–Kier alpha value is -0.960. The molecule has 1 fully saturated rings. The number of hydrogen-bond acceptors (Lipinski definition) is 5. The number of likely N-dealkylation sites (N-methyl/N-ethyl adjacent to an activating group) is 1. The zero-order chi connectivity index (χ0) is 13.9. The van der Waals surface area contributed by atoms with Crippen molar-refractivity contribution in [2.45, 2.75) is 30.4 Å². The largest absolute Gasteiger partial charge is 0.377 e. The Morgan fingerprint density at radius 3 is 3.05 bits per heavy atom. The fourth-order valence-corrected chi connectivity index (χ4v) is 3.24. The number of nitrogens with two attached hydrogens (primary N) is 1. The summed E-state index contributed by atoms with van der Waals surface area (Å²) in [4.78, 5) is 0.196. The fourth-order valence-electron chi connectivity index (χ4n) is 2.09. The lowest BCUT2D eigenvalue weighted by Crippen LogP contribution is -2.33. The van der Waals surface area contributed by atoms with Crippen LogP contribution in [-0.2, 0) is 21.3 Å². The van der Waals surface area contributed by atoms with Gasteiger partial charge in [-0.15, -0.1) is 0 Å². The fraction of sp³-hybridized carbons (Fsp3) is 0.727. The van der Waals surface area contributed by atoms with Crippen molar-refractivity contribution >= 4 is 10.0 Å². The first kappa shape index (κ1) is 14.4. The monoisotopic (exact) mass is 288 g/mol. The van der Waals surface area contributed by atoms with E-state index in [0.717, 1.165) is 12.8 Å². The van der Waals surface area contributed by atoms with Gasteiger partial charge in [0.2, 0.25) is 10.0 Å². The molecule has 8 heteroatoms. The summed E-state index contributed by atoms with van der Waals surface area (Å²) < 4.78 is 33.0. The third-order valence-electron chi connectivity index (χ3n) is 3.16. The molecular formula is C11H20N4O3S. The van der Waals surface area contributed by atoms with Crippen molar-refractivity contribution in [3.63, 3.8) is 0 Å². The first-order chi connectivity index (χ1) is 9.04. The summed E-state index contributed by atoms with van der Waals surface area (Å²) in [5, 5.41) is 3.99. The van der Waals surface area contributed by atoms with Gasteiger partial charge in [0.25, 0.3) is 0 Å². The van der Waals surface area contributed by atoms with Gasteiger partial charge in [0.1, 0.15) is 4.90 Å². The van der Waals surface area contributed by atoms with E-state index < -0.39 is 10.0 Å². The van der Waals surface area contributed by atoms with E-state index in [2.05, 4.69) is 5.10 Å². The molecule has 1 unspecified atom stereocenters. The van der Waals surface area contributed by atoms with Crippen molar-refractivity contribution in [1.29, 1.82) is 0 Å². The van der Waals surface area contributed by atoms with Crippen LogP contribution in [0.3, 0.4) is 0 Å². The van der Waals surface area contributed by atoms with E-state index in [-0.39, 0.29) is 11.0 Å². The Labute approximate surface area is 113 Å². The summed E-state index contributed by atoms with van der Waals surface area (Å²) in [6.07, 6.45) is 4.77. The van der Waals surface area contributed by atoms with Gasteiger partial charge in [-0.3, -0.25) is 4.68 Å². The average Bonchev–Trinajstić information content (AvgIpc) is 3.00. The molecule has 2 rings (SSSR count). The molecule has 19 heavy (non-hydrogen) atoms. The molecule has 2 heterocycles. The lowest BCUT2D eigenvalue weighted by atomic mass is 10.2. The lowest BCUT2D eigenvalue weighted by Gasteiger charge is -2.19. The number of rotatable bonds is 6. The molecule has 0 aromatic carbocycles. The van der Waals surface area contributed by atoms with Crippen molar-refractivity contribution in [3.05, 3.63) is 12.4 Å². The SMILES string of the molecule is CN(CC1CCCO1)S(=O)(=O)c1cnn(CCN)c1. The van der Waals surface area contributed by atoms with E-state index in [9.17, 15) is 8.42 Å². The molecule has 0 saturated carbocycles. The Morgan fingerprint density at radius 1 is 1.63 bits per heavy atom. The Kier molecular flexibility index (Phi) is 4.56. The molecule has 0 bridgehead atoms. The number of aromatic nitrogens is 2. The van der Waals surface area contributed by atoms with Gasteiger partial charge in [-0.2, -0.15) is 9.40 Å².